The fourth-order valence-corrected chi connectivity index (χ4v) is 3.78. The number of anilines is 1. The van der Waals surface area contributed by atoms with E-state index in [4.69, 9.17) is 44.3 Å². The van der Waals surface area contributed by atoms with Gasteiger partial charge < -0.3 is 14.8 Å². The summed E-state index contributed by atoms with van der Waals surface area (Å²) >= 11 is 21.2. The molecule has 0 aromatic heterocycles. The lowest BCUT2D eigenvalue weighted by atomic mass is 10.2. The standard InChI is InChI=1S/C24H19BrCl3N3O4/c1-2-34-21-10-15(9-18(25)22(21)35-13-14-3-5-16(26)6-4-14)12-29-31-24(33)23(32)30-17-7-8-19(27)20(28)11-17/h3-12H,2,13H2,1H3,(H,30,32)(H,31,33)/b29-12+. The Kier molecular flexibility index (Phi) is 9.80. The molecule has 35 heavy (non-hydrogen) atoms. The van der Waals surface area contributed by atoms with Gasteiger partial charge in [-0.3, -0.25) is 9.59 Å². The third-order valence-corrected chi connectivity index (χ3v) is 5.97. The van der Waals surface area contributed by atoms with Gasteiger partial charge >= 0.3 is 11.8 Å². The van der Waals surface area contributed by atoms with Crippen LogP contribution in [0.4, 0.5) is 5.69 Å². The van der Waals surface area contributed by atoms with Gasteiger partial charge in [-0.1, -0.05) is 46.9 Å². The molecule has 3 aromatic rings. The number of ether oxygens (including phenoxy) is 2. The summed E-state index contributed by atoms with van der Waals surface area (Å²) in [7, 11) is 0. The van der Waals surface area contributed by atoms with Gasteiger partial charge in [0.05, 0.1) is 27.3 Å². The van der Waals surface area contributed by atoms with Gasteiger partial charge in [-0.15, -0.1) is 0 Å². The number of halogens is 4. The number of nitrogens with zero attached hydrogens (tertiary/aromatic N) is 1. The fourth-order valence-electron chi connectivity index (χ4n) is 2.78. The Hall–Kier alpha value is -2.78. The van der Waals surface area contributed by atoms with Crippen LogP contribution in [-0.2, 0) is 16.2 Å². The van der Waals surface area contributed by atoms with Crippen LogP contribution in [0.1, 0.15) is 18.1 Å². The van der Waals surface area contributed by atoms with Crippen LogP contribution < -0.4 is 20.2 Å². The summed E-state index contributed by atoms with van der Waals surface area (Å²) in [5, 5.41) is 7.49. The van der Waals surface area contributed by atoms with Crippen LogP contribution in [0.2, 0.25) is 15.1 Å². The molecule has 0 aliphatic heterocycles. The molecule has 0 aliphatic rings. The molecule has 0 atom stereocenters. The molecule has 0 saturated heterocycles. The van der Waals surface area contributed by atoms with Crippen molar-refractivity contribution in [2.45, 2.75) is 13.5 Å². The largest absolute Gasteiger partial charge is 0.490 e. The number of amides is 2. The minimum atomic E-state index is -0.959. The summed E-state index contributed by atoms with van der Waals surface area (Å²) in [6, 6.07) is 15.2. The monoisotopic (exact) mass is 597 g/mol. The number of carbonyl (C=O) groups is 2. The summed E-state index contributed by atoms with van der Waals surface area (Å²) in [5.41, 5.74) is 4.04. The molecule has 3 aromatic carbocycles. The molecule has 182 valence electrons. The summed E-state index contributed by atoms with van der Waals surface area (Å²) in [6.45, 7) is 2.58. The van der Waals surface area contributed by atoms with Crippen molar-refractivity contribution in [2.75, 3.05) is 11.9 Å². The van der Waals surface area contributed by atoms with Gasteiger partial charge in [-0.2, -0.15) is 5.10 Å². The lowest BCUT2D eigenvalue weighted by Crippen LogP contribution is -2.32. The lowest BCUT2D eigenvalue weighted by molar-refractivity contribution is -0.136. The highest BCUT2D eigenvalue weighted by atomic mass is 79.9. The van der Waals surface area contributed by atoms with E-state index in [9.17, 15) is 9.59 Å². The molecule has 0 unspecified atom stereocenters. The van der Waals surface area contributed by atoms with Gasteiger partial charge in [0.15, 0.2) is 11.5 Å². The van der Waals surface area contributed by atoms with Crippen molar-refractivity contribution in [3.05, 3.63) is 85.3 Å². The predicted octanol–water partition coefficient (Wildman–Crippen LogP) is 6.48. The molecule has 2 amide bonds. The first-order valence-corrected chi connectivity index (χ1v) is 12.1. The first-order chi connectivity index (χ1) is 16.8. The van der Waals surface area contributed by atoms with Crippen LogP contribution in [0.3, 0.4) is 0 Å². The summed E-state index contributed by atoms with van der Waals surface area (Å²) in [5.74, 6) is -0.869. The Labute approximate surface area is 225 Å². The van der Waals surface area contributed by atoms with Gasteiger partial charge in [-0.25, -0.2) is 5.43 Å². The van der Waals surface area contributed by atoms with Crippen LogP contribution in [0, 0.1) is 0 Å². The number of carbonyl (C=O) groups excluding carboxylic acids is 2. The van der Waals surface area contributed by atoms with E-state index < -0.39 is 11.8 Å². The third kappa shape index (κ3) is 7.86. The van der Waals surface area contributed by atoms with Crippen LogP contribution >= 0.6 is 50.7 Å². The van der Waals surface area contributed by atoms with E-state index in [0.717, 1.165) is 5.56 Å². The summed E-state index contributed by atoms with van der Waals surface area (Å²) in [6.07, 6.45) is 1.38. The Bertz CT molecular complexity index is 1250. The maximum absolute atomic E-state index is 12.1. The number of benzene rings is 3. The highest BCUT2D eigenvalue weighted by Gasteiger charge is 2.15. The number of nitrogens with one attached hydrogen (secondary N) is 2. The van der Waals surface area contributed by atoms with Gasteiger partial charge in [-0.05, 0) is 76.4 Å². The van der Waals surface area contributed by atoms with E-state index in [2.05, 4.69) is 31.8 Å². The van der Waals surface area contributed by atoms with Crippen molar-refractivity contribution in [3.8, 4) is 11.5 Å². The van der Waals surface area contributed by atoms with Crippen molar-refractivity contribution in [1.29, 1.82) is 0 Å². The number of hydrazone groups is 1. The first kappa shape index (κ1) is 26.8. The van der Waals surface area contributed by atoms with E-state index in [-0.39, 0.29) is 5.02 Å². The second-order valence-electron chi connectivity index (χ2n) is 6.96. The van der Waals surface area contributed by atoms with Crippen LogP contribution in [0.25, 0.3) is 0 Å². The van der Waals surface area contributed by atoms with Crippen LogP contribution in [0.15, 0.2) is 64.2 Å². The zero-order chi connectivity index (χ0) is 25.4. The SMILES string of the molecule is CCOc1cc(/C=N/NC(=O)C(=O)Nc2ccc(Cl)c(Cl)c2)cc(Br)c1OCc1ccc(Cl)cc1. The summed E-state index contributed by atoms with van der Waals surface area (Å²) < 4.78 is 12.3. The highest BCUT2D eigenvalue weighted by Crippen LogP contribution is 2.37. The zero-order valence-electron chi connectivity index (χ0n) is 18.3. The maximum atomic E-state index is 12.1. The quantitative estimate of drug-likeness (QED) is 0.176. The average Bonchev–Trinajstić information content (AvgIpc) is 2.82. The second kappa shape index (κ2) is 12.8. The molecular formula is C24H19BrCl3N3O4. The van der Waals surface area contributed by atoms with Crippen molar-refractivity contribution in [2.24, 2.45) is 5.10 Å². The minimum absolute atomic E-state index is 0.249. The molecule has 3 rings (SSSR count). The smallest absolute Gasteiger partial charge is 0.329 e. The number of rotatable bonds is 8. The molecule has 0 aliphatic carbocycles. The molecule has 2 N–H and O–H groups in total. The Morgan fingerprint density at radius 2 is 1.71 bits per heavy atom. The molecule has 0 saturated carbocycles. The highest BCUT2D eigenvalue weighted by molar-refractivity contribution is 9.10. The van der Waals surface area contributed by atoms with Crippen molar-refractivity contribution in [1.82, 2.24) is 5.43 Å². The topological polar surface area (TPSA) is 89.0 Å². The third-order valence-electron chi connectivity index (χ3n) is 4.39. The molecule has 0 bridgehead atoms. The molecular weight excluding hydrogens is 581 g/mol. The van der Waals surface area contributed by atoms with Crippen molar-refractivity contribution >= 4 is 74.4 Å². The van der Waals surface area contributed by atoms with Crippen molar-refractivity contribution in [3.63, 3.8) is 0 Å². The van der Waals surface area contributed by atoms with Crippen LogP contribution in [-0.4, -0.2) is 24.6 Å². The summed E-state index contributed by atoms with van der Waals surface area (Å²) in [4.78, 5) is 24.1. The van der Waals surface area contributed by atoms with Gasteiger partial charge in [0.2, 0.25) is 0 Å². The lowest BCUT2D eigenvalue weighted by Gasteiger charge is -2.14. The molecule has 7 nitrogen and oxygen atoms in total. The van der Waals surface area contributed by atoms with Gasteiger partial charge in [0.1, 0.15) is 6.61 Å². The molecule has 0 heterocycles. The van der Waals surface area contributed by atoms with Crippen LogP contribution in [0.5, 0.6) is 11.5 Å². The zero-order valence-corrected chi connectivity index (χ0v) is 22.1. The van der Waals surface area contributed by atoms with E-state index in [0.29, 0.717) is 50.5 Å². The molecule has 0 fully saturated rings. The molecule has 11 heteroatoms. The minimum Gasteiger partial charge on any atom is -0.490 e. The maximum Gasteiger partial charge on any atom is 0.329 e. The number of hydrogen-bond donors (Lipinski definition) is 2. The second-order valence-corrected chi connectivity index (χ2v) is 9.07. The normalized spacial score (nSPS) is 10.8. The number of hydrogen-bond acceptors (Lipinski definition) is 5. The van der Waals surface area contributed by atoms with E-state index in [1.165, 1.54) is 24.4 Å². The van der Waals surface area contributed by atoms with E-state index in [1.807, 2.05) is 19.1 Å². The molecule has 0 spiro atoms. The van der Waals surface area contributed by atoms with E-state index >= 15 is 0 Å². The Morgan fingerprint density at radius 1 is 0.971 bits per heavy atom. The first-order valence-electron chi connectivity index (χ1n) is 10.2. The van der Waals surface area contributed by atoms with Gasteiger partial charge in [0, 0.05) is 10.7 Å². The van der Waals surface area contributed by atoms with E-state index in [1.54, 1.807) is 24.3 Å². The Morgan fingerprint density at radius 3 is 2.40 bits per heavy atom. The molecule has 0 radical (unpaired) electrons. The fraction of sp³-hybridized carbons (Fsp3) is 0.125. The van der Waals surface area contributed by atoms with Gasteiger partial charge in [0.25, 0.3) is 0 Å². The van der Waals surface area contributed by atoms with Crippen molar-refractivity contribution < 1.29 is 19.1 Å². The predicted molar refractivity (Wildman–Crippen MR) is 142 cm³/mol. The average molecular weight is 600 g/mol. The Balaban J connectivity index is 1.64.